The van der Waals surface area contributed by atoms with Crippen LogP contribution in [0.4, 0.5) is 0 Å². The summed E-state index contributed by atoms with van der Waals surface area (Å²) in [7, 11) is 0. The number of Topliss-reactive ketones (excluding diaryl/α,β-unsaturated/α-hetero) is 1. The maximum Gasteiger partial charge on any atom is 0.131 e. The third-order valence-corrected chi connectivity index (χ3v) is 4.04. The number of piperidine rings is 1. The maximum atomic E-state index is 11.5. The number of nitrogens with zero attached hydrogens (tertiary/aromatic N) is 1. The first kappa shape index (κ1) is 13.8. The Morgan fingerprint density at radius 3 is 2.67 bits per heavy atom. The van der Waals surface area contributed by atoms with Crippen LogP contribution in [-0.4, -0.2) is 23.8 Å². The van der Waals surface area contributed by atoms with Gasteiger partial charge in [0.1, 0.15) is 5.78 Å². The van der Waals surface area contributed by atoms with E-state index in [2.05, 4.69) is 39.0 Å². The number of carbonyl (C=O) groups is 1. The molecule has 1 fully saturated rings. The Kier molecular flexibility index (Phi) is 4.95. The highest BCUT2D eigenvalue weighted by Crippen LogP contribution is 2.29. The van der Waals surface area contributed by atoms with Crippen LogP contribution >= 0.6 is 15.9 Å². The van der Waals surface area contributed by atoms with Crippen LogP contribution in [0.15, 0.2) is 28.7 Å². The van der Waals surface area contributed by atoms with E-state index in [0.717, 1.165) is 17.6 Å². The van der Waals surface area contributed by atoms with Crippen LogP contribution in [-0.2, 0) is 4.79 Å². The number of halogens is 1. The van der Waals surface area contributed by atoms with Gasteiger partial charge in [0.05, 0.1) is 0 Å². The second kappa shape index (κ2) is 6.48. The third kappa shape index (κ3) is 3.66. The molecule has 1 aromatic rings. The highest BCUT2D eigenvalue weighted by atomic mass is 79.9. The van der Waals surface area contributed by atoms with E-state index in [1.165, 1.54) is 24.8 Å². The average Bonchev–Trinajstić information content (AvgIpc) is 2.37. The lowest BCUT2D eigenvalue weighted by molar-refractivity contribution is -0.118. The van der Waals surface area contributed by atoms with Crippen LogP contribution in [0.3, 0.4) is 0 Å². The van der Waals surface area contributed by atoms with Gasteiger partial charge in [-0.15, -0.1) is 0 Å². The first-order chi connectivity index (χ1) is 8.66. The van der Waals surface area contributed by atoms with Crippen molar-refractivity contribution in [3.8, 4) is 0 Å². The lowest BCUT2D eigenvalue weighted by atomic mass is 9.97. The van der Waals surface area contributed by atoms with E-state index in [1.54, 1.807) is 6.92 Å². The van der Waals surface area contributed by atoms with Crippen molar-refractivity contribution in [1.29, 1.82) is 0 Å². The van der Waals surface area contributed by atoms with Gasteiger partial charge in [-0.25, -0.2) is 0 Å². The summed E-state index contributed by atoms with van der Waals surface area (Å²) < 4.78 is 1.09. The molecular formula is C15H20BrNO. The van der Waals surface area contributed by atoms with Gasteiger partial charge in [0.15, 0.2) is 0 Å². The predicted octanol–water partition coefficient (Wildman–Crippen LogP) is 3.96. The molecule has 1 aliphatic heterocycles. The lowest BCUT2D eigenvalue weighted by Gasteiger charge is -2.34. The van der Waals surface area contributed by atoms with E-state index < -0.39 is 0 Å². The molecule has 1 unspecified atom stereocenters. The van der Waals surface area contributed by atoms with Crippen molar-refractivity contribution in [3.63, 3.8) is 0 Å². The number of benzene rings is 1. The van der Waals surface area contributed by atoms with Gasteiger partial charge in [-0.3, -0.25) is 9.69 Å². The quantitative estimate of drug-likeness (QED) is 0.839. The van der Waals surface area contributed by atoms with Gasteiger partial charge in [0.2, 0.25) is 0 Å². The predicted molar refractivity (Wildman–Crippen MR) is 77.6 cm³/mol. The Labute approximate surface area is 117 Å². The number of rotatable bonds is 4. The molecule has 1 aliphatic rings. The lowest BCUT2D eigenvalue weighted by Crippen LogP contribution is -2.34. The molecule has 98 valence electrons. The summed E-state index contributed by atoms with van der Waals surface area (Å²) in [5.74, 6) is 0.269. The first-order valence-electron chi connectivity index (χ1n) is 6.66. The molecule has 0 spiro atoms. The van der Waals surface area contributed by atoms with Crippen LogP contribution in [0.2, 0.25) is 0 Å². The van der Waals surface area contributed by atoms with Crippen molar-refractivity contribution in [2.45, 2.75) is 38.6 Å². The van der Waals surface area contributed by atoms with Gasteiger partial charge in [-0.1, -0.05) is 34.5 Å². The van der Waals surface area contributed by atoms with Gasteiger partial charge >= 0.3 is 0 Å². The van der Waals surface area contributed by atoms with Gasteiger partial charge < -0.3 is 0 Å². The Balaban J connectivity index is 2.20. The molecule has 2 rings (SSSR count). The monoisotopic (exact) mass is 309 g/mol. The Morgan fingerprint density at radius 1 is 1.33 bits per heavy atom. The molecule has 0 aliphatic carbocycles. The second-order valence-electron chi connectivity index (χ2n) is 5.07. The fraction of sp³-hybridized carbons (Fsp3) is 0.533. The molecule has 1 saturated heterocycles. The molecule has 1 aromatic carbocycles. The highest BCUT2D eigenvalue weighted by Gasteiger charge is 2.23. The summed E-state index contributed by atoms with van der Waals surface area (Å²) in [6, 6.07) is 8.61. The van der Waals surface area contributed by atoms with Crippen molar-refractivity contribution in [1.82, 2.24) is 4.90 Å². The van der Waals surface area contributed by atoms with Crippen LogP contribution < -0.4 is 0 Å². The van der Waals surface area contributed by atoms with E-state index in [-0.39, 0.29) is 11.8 Å². The number of likely N-dealkylation sites (tertiary alicyclic amines) is 1. The van der Waals surface area contributed by atoms with E-state index >= 15 is 0 Å². The molecule has 0 bridgehead atoms. The molecule has 0 N–H and O–H groups in total. The molecule has 18 heavy (non-hydrogen) atoms. The molecule has 1 heterocycles. The fourth-order valence-electron chi connectivity index (χ4n) is 2.67. The molecule has 0 saturated carbocycles. The number of ketones is 1. The summed E-state index contributed by atoms with van der Waals surface area (Å²) >= 11 is 3.52. The van der Waals surface area contributed by atoms with Crippen LogP contribution in [0.1, 0.15) is 44.2 Å². The molecule has 0 radical (unpaired) electrons. The zero-order valence-corrected chi connectivity index (χ0v) is 12.4. The second-order valence-corrected chi connectivity index (χ2v) is 5.99. The van der Waals surface area contributed by atoms with Crippen molar-refractivity contribution in [3.05, 3.63) is 34.3 Å². The number of hydrogen-bond acceptors (Lipinski definition) is 2. The normalized spacial score (nSPS) is 18.6. The highest BCUT2D eigenvalue weighted by molar-refractivity contribution is 9.10. The molecule has 2 nitrogen and oxygen atoms in total. The van der Waals surface area contributed by atoms with E-state index in [1.807, 2.05) is 6.07 Å². The average molecular weight is 310 g/mol. The minimum Gasteiger partial charge on any atom is -0.300 e. The third-order valence-electron chi connectivity index (χ3n) is 3.55. The standard InChI is InChI=1S/C15H20BrNO/c1-12(18)10-15(17-8-3-2-4-9-17)13-6-5-7-14(16)11-13/h5-7,11,15H,2-4,8-10H2,1H3. The van der Waals surface area contributed by atoms with Crippen LogP contribution in [0.25, 0.3) is 0 Å². The summed E-state index contributed by atoms with van der Waals surface area (Å²) in [5, 5.41) is 0. The summed E-state index contributed by atoms with van der Waals surface area (Å²) in [6.45, 7) is 3.92. The molecule has 0 aromatic heterocycles. The molecular weight excluding hydrogens is 290 g/mol. The SMILES string of the molecule is CC(=O)CC(c1cccc(Br)c1)N1CCCCC1. The minimum absolute atomic E-state index is 0.250. The molecule has 3 heteroatoms. The van der Waals surface area contributed by atoms with Crippen LogP contribution in [0.5, 0.6) is 0 Å². The van der Waals surface area contributed by atoms with Crippen LogP contribution in [0, 0.1) is 0 Å². The summed E-state index contributed by atoms with van der Waals surface area (Å²) in [4.78, 5) is 14.0. The Hall–Kier alpha value is -0.670. The van der Waals surface area contributed by atoms with Gasteiger partial charge in [0.25, 0.3) is 0 Å². The summed E-state index contributed by atoms with van der Waals surface area (Å²) in [6.07, 6.45) is 4.45. The van der Waals surface area contributed by atoms with Crippen molar-refractivity contribution in [2.75, 3.05) is 13.1 Å². The largest absolute Gasteiger partial charge is 0.300 e. The topological polar surface area (TPSA) is 20.3 Å². The Bertz CT molecular complexity index is 413. The van der Waals surface area contributed by atoms with Gasteiger partial charge in [-0.2, -0.15) is 0 Å². The van der Waals surface area contributed by atoms with E-state index in [0.29, 0.717) is 6.42 Å². The van der Waals surface area contributed by atoms with Crippen molar-refractivity contribution < 1.29 is 4.79 Å². The zero-order valence-electron chi connectivity index (χ0n) is 10.9. The fourth-order valence-corrected chi connectivity index (χ4v) is 3.09. The minimum atomic E-state index is 0.250. The number of carbonyl (C=O) groups excluding carboxylic acids is 1. The van der Waals surface area contributed by atoms with E-state index in [9.17, 15) is 4.79 Å². The van der Waals surface area contributed by atoms with Gasteiger partial charge in [-0.05, 0) is 50.6 Å². The molecule has 1 atom stereocenters. The molecule has 0 amide bonds. The smallest absolute Gasteiger partial charge is 0.131 e. The van der Waals surface area contributed by atoms with Crippen molar-refractivity contribution in [2.24, 2.45) is 0 Å². The van der Waals surface area contributed by atoms with Gasteiger partial charge in [0, 0.05) is 16.9 Å². The van der Waals surface area contributed by atoms with E-state index in [4.69, 9.17) is 0 Å². The number of hydrogen-bond donors (Lipinski definition) is 0. The zero-order chi connectivity index (χ0) is 13.0. The Morgan fingerprint density at radius 2 is 2.06 bits per heavy atom. The summed E-state index contributed by atoms with van der Waals surface area (Å²) in [5.41, 5.74) is 1.25. The maximum absolute atomic E-state index is 11.5. The van der Waals surface area contributed by atoms with Crippen molar-refractivity contribution >= 4 is 21.7 Å². The first-order valence-corrected chi connectivity index (χ1v) is 7.45.